The minimum Gasteiger partial charge on any atom is -0.329 e. The van der Waals surface area contributed by atoms with Gasteiger partial charge in [-0.25, -0.2) is 0 Å². The van der Waals surface area contributed by atoms with Gasteiger partial charge in [0.05, 0.1) is 11.3 Å². The highest BCUT2D eigenvalue weighted by Gasteiger charge is 2.38. The predicted octanol–water partition coefficient (Wildman–Crippen LogP) is 3.88. The summed E-state index contributed by atoms with van der Waals surface area (Å²) in [6.07, 6.45) is -4.72. The van der Waals surface area contributed by atoms with Crippen LogP contribution in [-0.2, 0) is 6.18 Å². The van der Waals surface area contributed by atoms with Crippen molar-refractivity contribution >= 4 is 11.6 Å². The second-order valence-electron chi connectivity index (χ2n) is 5.11. The standard InChI is InChI=1S/C17H9F3N4O2/c18-17(19,20)16-23-14(24-26-16)10-5-7-11(8-6-10)15(25)22-13-4-2-1-3-12(13)9-21/h1-8H,(H,22,25). The van der Waals surface area contributed by atoms with Crippen LogP contribution in [0.5, 0.6) is 0 Å². The van der Waals surface area contributed by atoms with Crippen molar-refractivity contribution in [2.24, 2.45) is 0 Å². The van der Waals surface area contributed by atoms with Gasteiger partial charge in [0.25, 0.3) is 5.91 Å². The molecule has 0 aliphatic rings. The largest absolute Gasteiger partial charge is 0.471 e. The maximum absolute atomic E-state index is 12.5. The Balaban J connectivity index is 1.78. The molecular formula is C17H9F3N4O2. The SMILES string of the molecule is N#Cc1ccccc1NC(=O)c1ccc(-c2noc(C(F)(F)F)n2)cc1. The summed E-state index contributed by atoms with van der Waals surface area (Å²) in [6.45, 7) is 0. The first-order valence-electron chi connectivity index (χ1n) is 7.20. The van der Waals surface area contributed by atoms with E-state index in [2.05, 4.69) is 20.0 Å². The van der Waals surface area contributed by atoms with E-state index in [1.165, 1.54) is 24.3 Å². The molecule has 3 aromatic rings. The van der Waals surface area contributed by atoms with Crippen LogP contribution in [0.15, 0.2) is 53.1 Å². The first kappa shape index (κ1) is 17.2. The maximum Gasteiger partial charge on any atom is 0.471 e. The third kappa shape index (κ3) is 3.54. The molecule has 0 bridgehead atoms. The third-order valence-corrected chi connectivity index (χ3v) is 3.37. The molecule has 1 N–H and O–H groups in total. The molecule has 130 valence electrons. The van der Waals surface area contributed by atoms with E-state index >= 15 is 0 Å². The fourth-order valence-corrected chi connectivity index (χ4v) is 2.11. The first-order chi connectivity index (χ1) is 12.4. The van der Waals surface area contributed by atoms with E-state index < -0.39 is 18.0 Å². The van der Waals surface area contributed by atoms with E-state index in [-0.39, 0.29) is 17.0 Å². The highest BCUT2D eigenvalue weighted by molar-refractivity contribution is 6.05. The molecule has 6 nitrogen and oxygen atoms in total. The van der Waals surface area contributed by atoms with Crippen molar-refractivity contribution in [2.75, 3.05) is 5.32 Å². The Kier molecular flexibility index (Phi) is 4.41. The number of hydrogen-bond donors (Lipinski definition) is 1. The van der Waals surface area contributed by atoms with Gasteiger partial charge < -0.3 is 9.84 Å². The van der Waals surface area contributed by atoms with Crippen molar-refractivity contribution in [3.05, 3.63) is 65.5 Å². The summed E-state index contributed by atoms with van der Waals surface area (Å²) < 4.78 is 41.6. The zero-order chi connectivity index (χ0) is 18.7. The van der Waals surface area contributed by atoms with Gasteiger partial charge in [-0.2, -0.15) is 23.4 Å². The lowest BCUT2D eigenvalue weighted by Gasteiger charge is -2.07. The Labute approximate surface area is 144 Å². The van der Waals surface area contributed by atoms with Gasteiger partial charge in [-0.1, -0.05) is 29.4 Å². The van der Waals surface area contributed by atoms with Crippen molar-refractivity contribution in [3.63, 3.8) is 0 Å². The fraction of sp³-hybridized carbons (Fsp3) is 0.0588. The number of rotatable bonds is 3. The molecule has 1 heterocycles. The van der Waals surface area contributed by atoms with Gasteiger partial charge in [0, 0.05) is 11.1 Å². The normalized spacial score (nSPS) is 11.0. The van der Waals surface area contributed by atoms with Gasteiger partial charge in [0.2, 0.25) is 5.82 Å². The number of nitrogens with zero attached hydrogens (tertiary/aromatic N) is 3. The number of benzene rings is 2. The average Bonchev–Trinajstić information content (AvgIpc) is 3.13. The lowest BCUT2D eigenvalue weighted by molar-refractivity contribution is -0.159. The first-order valence-corrected chi connectivity index (χ1v) is 7.20. The van der Waals surface area contributed by atoms with Gasteiger partial charge in [-0.15, -0.1) is 0 Å². The monoisotopic (exact) mass is 358 g/mol. The maximum atomic E-state index is 12.5. The number of carbonyl (C=O) groups excluding carboxylic acids is 1. The molecule has 0 aliphatic carbocycles. The number of aromatic nitrogens is 2. The summed E-state index contributed by atoms with van der Waals surface area (Å²) in [5.74, 6) is -2.15. The molecule has 1 amide bonds. The average molecular weight is 358 g/mol. The van der Waals surface area contributed by atoms with Crippen LogP contribution in [0.25, 0.3) is 11.4 Å². The van der Waals surface area contributed by atoms with Crippen LogP contribution in [0.3, 0.4) is 0 Å². The number of para-hydroxylation sites is 1. The van der Waals surface area contributed by atoms with Crippen LogP contribution >= 0.6 is 0 Å². The van der Waals surface area contributed by atoms with E-state index in [0.29, 0.717) is 11.3 Å². The minimum absolute atomic E-state index is 0.237. The summed E-state index contributed by atoms with van der Waals surface area (Å²) >= 11 is 0. The molecule has 0 atom stereocenters. The van der Waals surface area contributed by atoms with Crippen molar-refractivity contribution in [3.8, 4) is 17.5 Å². The zero-order valence-corrected chi connectivity index (χ0v) is 12.9. The molecule has 0 saturated carbocycles. The van der Waals surface area contributed by atoms with E-state index in [0.717, 1.165) is 0 Å². The number of nitriles is 1. The van der Waals surface area contributed by atoms with Crippen LogP contribution < -0.4 is 5.32 Å². The summed E-state index contributed by atoms with van der Waals surface area (Å²) in [5.41, 5.74) is 1.18. The minimum atomic E-state index is -4.72. The summed E-state index contributed by atoms with van der Waals surface area (Å²) in [6, 6.07) is 14.1. The molecule has 1 aromatic heterocycles. The number of alkyl halides is 3. The topological polar surface area (TPSA) is 91.8 Å². The van der Waals surface area contributed by atoms with Crippen molar-refractivity contribution in [1.82, 2.24) is 10.1 Å². The van der Waals surface area contributed by atoms with Crippen LogP contribution in [0.1, 0.15) is 21.8 Å². The van der Waals surface area contributed by atoms with E-state index in [4.69, 9.17) is 5.26 Å². The van der Waals surface area contributed by atoms with Crippen LogP contribution in [0.4, 0.5) is 18.9 Å². The molecule has 0 radical (unpaired) electrons. The molecule has 26 heavy (non-hydrogen) atoms. The number of halogens is 3. The van der Waals surface area contributed by atoms with Crippen LogP contribution in [0.2, 0.25) is 0 Å². The lowest BCUT2D eigenvalue weighted by Crippen LogP contribution is -2.12. The van der Waals surface area contributed by atoms with Gasteiger partial charge in [-0.3, -0.25) is 4.79 Å². The highest BCUT2D eigenvalue weighted by atomic mass is 19.4. The number of hydrogen-bond acceptors (Lipinski definition) is 5. The number of carbonyl (C=O) groups is 1. The molecule has 0 fully saturated rings. The van der Waals surface area contributed by atoms with E-state index in [1.807, 2.05) is 6.07 Å². The second-order valence-corrected chi connectivity index (χ2v) is 5.11. The van der Waals surface area contributed by atoms with Crippen molar-refractivity contribution in [2.45, 2.75) is 6.18 Å². The quantitative estimate of drug-likeness (QED) is 0.767. The Morgan fingerprint density at radius 1 is 1.12 bits per heavy atom. The molecular weight excluding hydrogens is 349 g/mol. The van der Waals surface area contributed by atoms with E-state index in [1.54, 1.807) is 24.3 Å². The Morgan fingerprint density at radius 3 is 2.42 bits per heavy atom. The Bertz CT molecular complexity index is 988. The third-order valence-electron chi connectivity index (χ3n) is 3.37. The molecule has 0 saturated heterocycles. The summed E-state index contributed by atoms with van der Waals surface area (Å²) in [5, 5.41) is 14.9. The lowest BCUT2D eigenvalue weighted by atomic mass is 10.1. The fourth-order valence-electron chi connectivity index (χ4n) is 2.11. The van der Waals surface area contributed by atoms with Crippen molar-refractivity contribution in [1.29, 1.82) is 5.26 Å². The van der Waals surface area contributed by atoms with Gasteiger partial charge in [0.15, 0.2) is 0 Å². The number of nitrogens with one attached hydrogen (secondary N) is 1. The molecule has 2 aromatic carbocycles. The summed E-state index contributed by atoms with van der Waals surface area (Å²) in [7, 11) is 0. The Morgan fingerprint density at radius 2 is 1.81 bits per heavy atom. The second kappa shape index (κ2) is 6.68. The smallest absolute Gasteiger partial charge is 0.329 e. The summed E-state index contributed by atoms with van der Waals surface area (Å²) in [4.78, 5) is 15.5. The molecule has 9 heteroatoms. The Hall–Kier alpha value is -3.67. The molecule has 3 rings (SSSR count). The van der Waals surface area contributed by atoms with E-state index in [9.17, 15) is 18.0 Å². The molecule has 0 unspecified atom stereocenters. The number of amides is 1. The van der Waals surface area contributed by atoms with Crippen molar-refractivity contribution < 1.29 is 22.5 Å². The van der Waals surface area contributed by atoms with Crippen LogP contribution in [-0.4, -0.2) is 16.0 Å². The predicted molar refractivity (Wildman–Crippen MR) is 83.8 cm³/mol. The van der Waals surface area contributed by atoms with Gasteiger partial charge >= 0.3 is 12.1 Å². The molecule has 0 aliphatic heterocycles. The zero-order valence-electron chi connectivity index (χ0n) is 12.9. The van der Waals surface area contributed by atoms with Gasteiger partial charge in [-0.05, 0) is 24.3 Å². The van der Waals surface area contributed by atoms with Crippen LogP contribution in [0, 0.1) is 11.3 Å². The molecule has 0 spiro atoms. The van der Waals surface area contributed by atoms with Gasteiger partial charge in [0.1, 0.15) is 6.07 Å². The number of anilines is 1. The highest BCUT2D eigenvalue weighted by Crippen LogP contribution is 2.29.